The zero-order valence-electron chi connectivity index (χ0n) is 30.5. The van der Waals surface area contributed by atoms with E-state index in [1.165, 1.54) is 7.11 Å². The summed E-state index contributed by atoms with van der Waals surface area (Å²) in [6.45, 7) is 15.2. The van der Waals surface area contributed by atoms with Crippen LogP contribution in [-0.2, 0) is 21.0 Å². The molecule has 0 aliphatic rings. The molecule has 9 heteroatoms. The van der Waals surface area contributed by atoms with Crippen LogP contribution in [0.1, 0.15) is 54.1 Å². The largest absolute Gasteiger partial charge is 0.496 e. The highest BCUT2D eigenvalue weighted by atomic mass is 32.2. The number of hydrogen-bond donors (Lipinski definition) is 0. The first-order valence-electron chi connectivity index (χ1n) is 16.3. The lowest BCUT2D eigenvalue weighted by Crippen LogP contribution is -2.23. The third-order valence-electron chi connectivity index (χ3n) is 7.86. The van der Waals surface area contributed by atoms with Crippen LogP contribution in [0.4, 0.5) is 0 Å². The van der Waals surface area contributed by atoms with Crippen molar-refractivity contribution < 1.29 is 28.5 Å². The van der Waals surface area contributed by atoms with Crippen LogP contribution in [0.3, 0.4) is 0 Å². The average molecular weight is 719 g/mol. The summed E-state index contributed by atoms with van der Waals surface area (Å²) in [5.74, 6) is 2.29. The second-order valence-electron chi connectivity index (χ2n) is 12.9. The van der Waals surface area contributed by atoms with Gasteiger partial charge in [0.2, 0.25) is 0 Å². The van der Waals surface area contributed by atoms with Gasteiger partial charge in [0, 0.05) is 40.5 Å². The highest BCUT2D eigenvalue weighted by molar-refractivity contribution is 7.98. The Morgan fingerprint density at radius 3 is 1.39 bits per heavy atom. The minimum Gasteiger partial charge on any atom is -0.496 e. The standard InChI is InChI=1S/C22H30O3SSi.C18H20O3S/c1-16-14-17(2)21(24-3)19(15-26-18-10-8-7-9-11-18)20(16)22(23)25-12-13-27(4,5)6;1-12-10-13(2)17(20-3)15(16(12)18(19)21-4)11-22-14-8-6-5-7-9-14/h7-11,14H,12-13,15H2,1-6H3;5-10H,11H2,1-4H3. The maximum Gasteiger partial charge on any atom is 0.338 e. The first-order valence-corrected chi connectivity index (χ1v) is 21.9. The molecule has 0 bridgehead atoms. The molecule has 6 nitrogen and oxygen atoms in total. The minimum absolute atomic E-state index is 0.243. The Morgan fingerprint density at radius 2 is 1.02 bits per heavy atom. The smallest absolute Gasteiger partial charge is 0.338 e. The molecule has 4 aromatic rings. The molecule has 0 aromatic heterocycles. The maximum absolute atomic E-state index is 12.9. The van der Waals surface area contributed by atoms with Gasteiger partial charge >= 0.3 is 11.9 Å². The first kappa shape index (κ1) is 39.8. The molecule has 0 saturated carbocycles. The molecule has 0 aliphatic heterocycles. The van der Waals surface area contributed by atoms with Gasteiger partial charge in [-0.15, -0.1) is 23.5 Å². The molecule has 262 valence electrons. The number of carbonyl (C=O) groups is 2. The molecule has 0 radical (unpaired) electrons. The molecule has 0 unspecified atom stereocenters. The Hall–Kier alpha value is -3.66. The van der Waals surface area contributed by atoms with Gasteiger partial charge in [0.15, 0.2) is 0 Å². The molecule has 4 rings (SSSR count). The van der Waals surface area contributed by atoms with Gasteiger partial charge in [-0.1, -0.05) is 68.2 Å². The van der Waals surface area contributed by atoms with Crippen LogP contribution in [-0.4, -0.2) is 47.9 Å². The predicted molar refractivity (Wildman–Crippen MR) is 207 cm³/mol. The monoisotopic (exact) mass is 718 g/mol. The van der Waals surface area contributed by atoms with Gasteiger partial charge < -0.3 is 18.9 Å². The van der Waals surface area contributed by atoms with E-state index in [4.69, 9.17) is 18.9 Å². The fraction of sp³-hybridized carbons (Fsp3) is 0.350. The summed E-state index contributed by atoms with van der Waals surface area (Å²) in [6.07, 6.45) is 0. The van der Waals surface area contributed by atoms with Crippen molar-refractivity contribution in [1.82, 2.24) is 0 Å². The molecule has 0 heterocycles. The first-order chi connectivity index (χ1) is 23.3. The average Bonchev–Trinajstić information content (AvgIpc) is 3.06. The molecule has 0 atom stereocenters. The lowest BCUT2D eigenvalue weighted by Gasteiger charge is -2.19. The lowest BCUT2D eigenvalue weighted by atomic mass is 9.98. The molecule has 0 spiro atoms. The second kappa shape index (κ2) is 18.9. The number of aryl methyl sites for hydroxylation is 4. The number of rotatable bonds is 13. The minimum atomic E-state index is -1.24. The van der Waals surface area contributed by atoms with Crippen molar-refractivity contribution >= 4 is 43.5 Å². The maximum atomic E-state index is 12.9. The van der Waals surface area contributed by atoms with Crippen LogP contribution in [0.5, 0.6) is 11.5 Å². The summed E-state index contributed by atoms with van der Waals surface area (Å²) >= 11 is 3.37. The number of hydrogen-bond acceptors (Lipinski definition) is 8. The Balaban J connectivity index is 0.000000271. The van der Waals surface area contributed by atoms with Crippen molar-refractivity contribution in [3.05, 3.63) is 117 Å². The van der Waals surface area contributed by atoms with Crippen molar-refractivity contribution in [3.8, 4) is 11.5 Å². The van der Waals surface area contributed by atoms with Crippen LogP contribution in [0.25, 0.3) is 0 Å². The number of carbonyl (C=O) groups excluding carboxylic acids is 2. The lowest BCUT2D eigenvalue weighted by molar-refractivity contribution is 0.0521. The SMILES string of the molecule is COC(=O)c1c(C)cc(C)c(OC)c1CSc1ccccc1.COc1c(C)cc(C)c(C(=O)OCC[Si](C)(C)C)c1CSc1ccccc1. The number of ether oxygens (including phenoxy) is 4. The van der Waals surface area contributed by atoms with E-state index in [1.807, 2.05) is 76.2 Å². The van der Waals surface area contributed by atoms with Crippen molar-refractivity contribution in [2.75, 3.05) is 27.9 Å². The fourth-order valence-corrected chi connectivity index (χ4v) is 8.07. The zero-order chi connectivity index (χ0) is 36.1. The molecular formula is C40H50O6S2Si. The molecule has 0 aliphatic carbocycles. The van der Waals surface area contributed by atoms with Gasteiger partial charge in [0.1, 0.15) is 11.5 Å². The van der Waals surface area contributed by atoms with Gasteiger partial charge in [-0.25, -0.2) is 9.59 Å². The third kappa shape index (κ3) is 11.4. The summed E-state index contributed by atoms with van der Waals surface area (Å²) in [7, 11) is 3.46. The normalized spacial score (nSPS) is 10.9. The Kier molecular flexibility index (Phi) is 15.4. The van der Waals surface area contributed by atoms with Gasteiger partial charge in [0.25, 0.3) is 0 Å². The molecule has 0 N–H and O–H groups in total. The molecule has 0 amide bonds. The molecule has 0 saturated heterocycles. The molecule has 49 heavy (non-hydrogen) atoms. The summed E-state index contributed by atoms with van der Waals surface area (Å²) in [4.78, 5) is 27.4. The van der Waals surface area contributed by atoms with Crippen LogP contribution in [0, 0.1) is 27.7 Å². The quantitative estimate of drug-likeness (QED) is 0.0769. The second-order valence-corrected chi connectivity index (χ2v) is 20.7. The van der Waals surface area contributed by atoms with Crippen molar-refractivity contribution in [1.29, 1.82) is 0 Å². The van der Waals surface area contributed by atoms with E-state index in [2.05, 4.69) is 43.9 Å². The zero-order valence-corrected chi connectivity index (χ0v) is 33.2. The van der Waals surface area contributed by atoms with Gasteiger partial charge in [-0.05, 0) is 80.3 Å². The van der Waals surface area contributed by atoms with E-state index in [9.17, 15) is 9.59 Å². The third-order valence-corrected chi connectivity index (χ3v) is 11.6. The van der Waals surface area contributed by atoms with Crippen LogP contribution in [0.15, 0.2) is 82.6 Å². The van der Waals surface area contributed by atoms with E-state index in [1.54, 1.807) is 37.7 Å². The van der Waals surface area contributed by atoms with Gasteiger partial charge in [-0.3, -0.25) is 0 Å². The topological polar surface area (TPSA) is 71.1 Å². The molecule has 0 fully saturated rings. The van der Waals surface area contributed by atoms with Crippen LogP contribution < -0.4 is 9.47 Å². The number of benzene rings is 4. The van der Waals surface area contributed by atoms with Gasteiger partial charge in [0.05, 0.1) is 39.1 Å². The molecule has 4 aromatic carbocycles. The van der Waals surface area contributed by atoms with E-state index in [-0.39, 0.29) is 11.9 Å². The van der Waals surface area contributed by atoms with Crippen molar-refractivity contribution in [2.24, 2.45) is 0 Å². The highest BCUT2D eigenvalue weighted by Gasteiger charge is 2.24. The summed E-state index contributed by atoms with van der Waals surface area (Å²) in [6, 6.07) is 25.2. The Labute approximate surface area is 302 Å². The summed E-state index contributed by atoms with van der Waals surface area (Å²) in [5.41, 5.74) is 6.98. The van der Waals surface area contributed by atoms with E-state index >= 15 is 0 Å². The van der Waals surface area contributed by atoms with Crippen LogP contribution in [0.2, 0.25) is 25.7 Å². The predicted octanol–water partition coefficient (Wildman–Crippen LogP) is 10.5. The summed E-state index contributed by atoms with van der Waals surface area (Å²) in [5, 5.41) is 0. The number of thioether (sulfide) groups is 2. The highest BCUT2D eigenvalue weighted by Crippen LogP contribution is 2.36. The van der Waals surface area contributed by atoms with Crippen molar-refractivity contribution in [2.45, 2.75) is 74.7 Å². The number of methoxy groups -OCH3 is 3. The van der Waals surface area contributed by atoms with E-state index in [0.717, 1.165) is 60.7 Å². The van der Waals surface area contributed by atoms with Gasteiger partial charge in [-0.2, -0.15) is 0 Å². The van der Waals surface area contributed by atoms with Crippen LogP contribution >= 0.6 is 23.5 Å². The Morgan fingerprint density at radius 1 is 0.612 bits per heavy atom. The van der Waals surface area contributed by atoms with E-state index in [0.29, 0.717) is 29.2 Å². The van der Waals surface area contributed by atoms with Crippen molar-refractivity contribution in [3.63, 3.8) is 0 Å². The number of esters is 2. The summed E-state index contributed by atoms with van der Waals surface area (Å²) < 4.78 is 21.8. The molecular weight excluding hydrogens is 669 g/mol. The Bertz CT molecular complexity index is 1700. The fourth-order valence-electron chi connectivity index (χ4n) is 5.48. The van der Waals surface area contributed by atoms with E-state index < -0.39 is 8.07 Å².